The van der Waals surface area contributed by atoms with E-state index in [1.807, 2.05) is 24.3 Å². The van der Waals surface area contributed by atoms with Gasteiger partial charge < -0.3 is 29.2 Å². The van der Waals surface area contributed by atoms with Crippen molar-refractivity contribution in [1.82, 2.24) is 15.1 Å². The number of benzene rings is 1. The van der Waals surface area contributed by atoms with Crippen LogP contribution in [0.25, 0.3) is 0 Å². The van der Waals surface area contributed by atoms with Crippen molar-refractivity contribution in [1.29, 1.82) is 0 Å². The van der Waals surface area contributed by atoms with Crippen LogP contribution in [0.5, 0.6) is 11.5 Å². The van der Waals surface area contributed by atoms with Gasteiger partial charge >= 0.3 is 12.2 Å². The van der Waals surface area contributed by atoms with Gasteiger partial charge in [-0.3, -0.25) is 19.3 Å². The summed E-state index contributed by atoms with van der Waals surface area (Å²) in [5.74, 6) is -1.19. The van der Waals surface area contributed by atoms with Gasteiger partial charge in [0.15, 0.2) is 32.9 Å². The summed E-state index contributed by atoms with van der Waals surface area (Å²) in [6, 6.07) is 1.60. The molecule has 4 heterocycles. The predicted octanol–water partition coefficient (Wildman–Crippen LogP) is 4.61. The van der Waals surface area contributed by atoms with Gasteiger partial charge in [0.1, 0.15) is 23.5 Å². The molecule has 5 aliphatic rings. The van der Waals surface area contributed by atoms with Crippen molar-refractivity contribution >= 4 is 39.5 Å². The van der Waals surface area contributed by atoms with E-state index in [0.717, 1.165) is 24.0 Å². The van der Waals surface area contributed by atoms with Gasteiger partial charge in [0.05, 0.1) is 17.8 Å². The Bertz CT molecular complexity index is 1750. The Balaban J connectivity index is 1.24. The zero-order chi connectivity index (χ0) is 38.3. The minimum atomic E-state index is -3.73. The summed E-state index contributed by atoms with van der Waals surface area (Å²) in [5, 5.41) is 1.96. The van der Waals surface area contributed by atoms with Gasteiger partial charge in [0.25, 0.3) is 0 Å². The number of carbonyl (C=O) groups is 5. The molecule has 1 N–H and O–H groups in total. The van der Waals surface area contributed by atoms with Gasteiger partial charge in [-0.05, 0) is 89.5 Å². The number of rotatable bonds is 6. The molecule has 0 unspecified atom stereocenters. The molecule has 4 aliphatic heterocycles. The summed E-state index contributed by atoms with van der Waals surface area (Å²) in [6.45, 7) is 8.79. The number of ether oxygens (including phenoxy) is 4. The number of sulfone groups is 1. The van der Waals surface area contributed by atoms with E-state index < -0.39 is 79.7 Å². The fourth-order valence-electron chi connectivity index (χ4n) is 7.65. The Morgan fingerprint density at radius 1 is 1.04 bits per heavy atom. The van der Waals surface area contributed by atoms with Crippen molar-refractivity contribution in [2.75, 3.05) is 19.1 Å². The van der Waals surface area contributed by atoms with Crippen LogP contribution in [0.4, 0.5) is 9.59 Å². The van der Waals surface area contributed by atoms with Crippen molar-refractivity contribution in [3.8, 4) is 11.5 Å². The summed E-state index contributed by atoms with van der Waals surface area (Å²) in [4.78, 5) is 71.9. The molecule has 53 heavy (non-hydrogen) atoms. The molecule has 0 aromatic heterocycles. The zero-order valence-electron chi connectivity index (χ0n) is 31.2. The lowest BCUT2D eigenvalue weighted by atomic mass is 9.88. The molecular weight excluding hydrogens is 706 g/mol. The fourth-order valence-corrected chi connectivity index (χ4v) is 8.64. The van der Waals surface area contributed by atoms with Crippen LogP contribution in [0.3, 0.4) is 0 Å². The molecule has 1 aromatic carbocycles. The molecule has 6 rings (SSSR count). The molecule has 290 valence electrons. The normalized spacial score (nSPS) is 28.0. The van der Waals surface area contributed by atoms with E-state index in [0.29, 0.717) is 37.2 Å². The Kier molecular flexibility index (Phi) is 10.9. The number of carbonyl (C=O) groups excluding carboxylic acids is 5. The maximum absolute atomic E-state index is 14.4. The number of fused-ring (bicyclic) bond motifs is 4. The third-order valence-electron chi connectivity index (χ3n) is 10.8. The Labute approximate surface area is 310 Å². The van der Waals surface area contributed by atoms with E-state index in [4.69, 9.17) is 18.9 Å². The lowest BCUT2D eigenvalue weighted by molar-refractivity contribution is -0.140. The Morgan fingerprint density at radius 2 is 1.72 bits per heavy atom. The Hall–Kier alpha value is -4.14. The third kappa shape index (κ3) is 8.65. The minimum Gasteiger partial charge on any atom is -0.454 e. The number of allylic oxidation sites excluding steroid dienone is 2. The number of alkyl carbamates (subject to hydrolysis) is 1. The first-order chi connectivity index (χ1) is 25.0. The summed E-state index contributed by atoms with van der Waals surface area (Å²) >= 11 is 0. The van der Waals surface area contributed by atoms with Gasteiger partial charge in [0.2, 0.25) is 12.7 Å². The van der Waals surface area contributed by atoms with Gasteiger partial charge in [-0.1, -0.05) is 25.0 Å². The number of hydrogen-bond acceptors (Lipinski definition) is 11. The van der Waals surface area contributed by atoms with Crippen LogP contribution in [-0.4, -0.2) is 96.0 Å². The van der Waals surface area contributed by atoms with Crippen LogP contribution in [0.2, 0.25) is 0 Å². The highest BCUT2D eigenvalue weighted by Crippen LogP contribution is 2.58. The maximum Gasteiger partial charge on any atom is 0.410 e. The molecule has 1 saturated carbocycles. The molecule has 0 spiro atoms. The van der Waals surface area contributed by atoms with Crippen LogP contribution in [0.1, 0.15) is 97.1 Å². The van der Waals surface area contributed by atoms with E-state index in [1.165, 1.54) is 23.6 Å². The molecule has 5 atom stereocenters. The smallest absolute Gasteiger partial charge is 0.410 e. The van der Waals surface area contributed by atoms with Crippen molar-refractivity contribution in [3.05, 3.63) is 35.4 Å². The van der Waals surface area contributed by atoms with E-state index in [2.05, 4.69) is 5.32 Å². The second-order valence-electron chi connectivity index (χ2n) is 16.2. The largest absolute Gasteiger partial charge is 0.454 e. The summed E-state index contributed by atoms with van der Waals surface area (Å²) < 4.78 is 48.1. The van der Waals surface area contributed by atoms with Gasteiger partial charge in [-0.25, -0.2) is 18.0 Å². The average Bonchev–Trinajstić information content (AvgIpc) is 3.41. The molecule has 2 fully saturated rings. The van der Waals surface area contributed by atoms with Crippen LogP contribution in [0, 0.1) is 11.3 Å². The molecule has 1 aromatic rings. The van der Waals surface area contributed by atoms with Gasteiger partial charge in [-0.15, -0.1) is 0 Å². The number of Topliss-reactive ketones (excluding diaryl/α,β-unsaturated/α-hetero) is 2. The lowest BCUT2D eigenvalue weighted by Crippen LogP contribution is -2.53. The molecule has 0 bridgehead atoms. The first-order valence-corrected chi connectivity index (χ1v) is 20.3. The highest BCUT2D eigenvalue weighted by molar-refractivity contribution is 7.92. The molecule has 0 radical (unpaired) electrons. The van der Waals surface area contributed by atoms with Crippen LogP contribution in [-0.2, 0) is 46.8 Å². The molecule has 1 saturated heterocycles. The second kappa shape index (κ2) is 14.9. The number of amides is 3. The highest BCUT2D eigenvalue weighted by Gasteiger charge is 2.60. The van der Waals surface area contributed by atoms with E-state index >= 15 is 0 Å². The molecule has 3 amide bonds. The monoisotopic (exact) mass is 757 g/mol. The first kappa shape index (κ1) is 38.6. The summed E-state index contributed by atoms with van der Waals surface area (Å²) in [7, 11) is -3.73. The number of nitrogens with one attached hydrogen (secondary N) is 1. The average molecular weight is 758 g/mol. The van der Waals surface area contributed by atoms with Crippen molar-refractivity contribution in [3.63, 3.8) is 0 Å². The second-order valence-corrected chi connectivity index (χ2v) is 18.8. The van der Waals surface area contributed by atoms with Crippen molar-refractivity contribution in [2.24, 2.45) is 11.3 Å². The van der Waals surface area contributed by atoms with E-state index in [-0.39, 0.29) is 45.2 Å². The first-order valence-electron chi connectivity index (χ1n) is 18.6. The van der Waals surface area contributed by atoms with Crippen LogP contribution < -0.4 is 14.8 Å². The summed E-state index contributed by atoms with van der Waals surface area (Å²) in [6.07, 6.45) is 4.89. The zero-order valence-corrected chi connectivity index (χ0v) is 32.0. The highest BCUT2D eigenvalue weighted by atomic mass is 32.2. The number of nitrogens with zero attached hydrogens (tertiary/aromatic N) is 2. The van der Waals surface area contributed by atoms with Crippen molar-refractivity contribution in [2.45, 2.75) is 128 Å². The number of ketones is 2. The topological polar surface area (TPSA) is 175 Å². The van der Waals surface area contributed by atoms with Gasteiger partial charge in [0, 0.05) is 31.3 Å². The summed E-state index contributed by atoms with van der Waals surface area (Å²) in [5.41, 5.74) is -0.226. The minimum absolute atomic E-state index is 0.0126. The SMILES string of the molecule is CC(C)S(=O)(=O)CC(=O)[C@]12CC(=O)[C@@H]3C[C@@H](OC(=O)N4Cc5cc6c(cc5C4)OCO6)CN3C(=O)[C@@H](NC(=O)OC(C)(C)C)CCCCC/C=C\[C@@H]1C2. The number of hydrogen-bond donors (Lipinski definition) is 1. The van der Waals surface area contributed by atoms with Crippen LogP contribution in [0.15, 0.2) is 24.3 Å². The molecule has 14 nitrogen and oxygen atoms in total. The predicted molar refractivity (Wildman–Crippen MR) is 192 cm³/mol. The van der Waals surface area contributed by atoms with E-state index in [9.17, 15) is 32.4 Å². The van der Waals surface area contributed by atoms with Crippen molar-refractivity contribution < 1.29 is 51.3 Å². The standard InChI is InChI=1S/C38H51N3O11S/c1-23(2)53(47,48)21-33(43)38-16-26(38)11-9-7-6-8-10-12-28(39-35(45)52-37(3,4)5)34(44)41-20-27(15-29(41)30(42)17-38)51-36(46)40-18-24-13-31-32(50-22-49-31)14-25(24)19-40/h9,11,13-14,23,26-29H,6-8,10,12,15-22H2,1-5H3,(H,39,45)/b11-9-/t26-,27-,28+,29+,38-/m1/s1. The maximum atomic E-state index is 14.4. The molecular formula is C38H51N3O11S. The third-order valence-corrected chi connectivity index (χ3v) is 12.9. The van der Waals surface area contributed by atoms with E-state index in [1.54, 1.807) is 20.8 Å². The van der Waals surface area contributed by atoms with Crippen LogP contribution >= 0.6 is 0 Å². The molecule has 1 aliphatic carbocycles. The quantitative estimate of drug-likeness (QED) is 0.402. The fraction of sp³-hybridized carbons (Fsp3) is 0.658. The van der Waals surface area contributed by atoms with Gasteiger partial charge in [-0.2, -0.15) is 0 Å². The Morgan fingerprint density at radius 3 is 2.36 bits per heavy atom. The lowest BCUT2D eigenvalue weighted by Gasteiger charge is -2.30. The molecule has 15 heteroatoms.